The van der Waals surface area contributed by atoms with Gasteiger partial charge in [-0.2, -0.15) is 0 Å². The monoisotopic (exact) mass is 279 g/mol. The Labute approximate surface area is 121 Å². The van der Waals surface area contributed by atoms with Crippen molar-refractivity contribution >= 4 is 5.91 Å². The molecular weight excluding hydrogens is 254 g/mol. The summed E-state index contributed by atoms with van der Waals surface area (Å²) < 4.78 is 10.8. The van der Waals surface area contributed by atoms with Gasteiger partial charge in [-0.3, -0.25) is 4.79 Å². The molecule has 1 rings (SSSR count). The van der Waals surface area contributed by atoms with Crippen molar-refractivity contribution in [3.8, 4) is 5.75 Å². The van der Waals surface area contributed by atoms with Crippen LogP contribution in [0.4, 0.5) is 0 Å². The minimum absolute atomic E-state index is 0.0549. The summed E-state index contributed by atoms with van der Waals surface area (Å²) in [6, 6.07) is 4.12. The van der Waals surface area contributed by atoms with Crippen LogP contribution < -0.4 is 10.1 Å². The van der Waals surface area contributed by atoms with Crippen LogP contribution in [0.15, 0.2) is 12.1 Å². The van der Waals surface area contributed by atoms with Crippen molar-refractivity contribution in [2.24, 2.45) is 0 Å². The molecule has 0 heterocycles. The van der Waals surface area contributed by atoms with Gasteiger partial charge in [0.15, 0.2) is 6.61 Å². The Morgan fingerprint density at radius 2 is 1.85 bits per heavy atom. The summed E-state index contributed by atoms with van der Waals surface area (Å²) in [4.78, 5) is 11.7. The average molecular weight is 279 g/mol. The summed E-state index contributed by atoms with van der Waals surface area (Å²) >= 11 is 0. The summed E-state index contributed by atoms with van der Waals surface area (Å²) in [7, 11) is 0. The van der Waals surface area contributed by atoms with Crippen LogP contribution in [0.1, 0.15) is 30.0 Å². The molecule has 0 aliphatic heterocycles. The summed E-state index contributed by atoms with van der Waals surface area (Å²) in [6.45, 7) is 10.1. The lowest BCUT2D eigenvalue weighted by molar-refractivity contribution is -0.123. The number of hydrogen-bond acceptors (Lipinski definition) is 3. The Morgan fingerprint density at radius 1 is 1.20 bits per heavy atom. The molecule has 112 valence electrons. The molecule has 0 bridgehead atoms. The SMILES string of the molecule is CCOCCCNC(=O)COc1c(C)cc(C)cc1C. The molecule has 0 atom stereocenters. The maximum Gasteiger partial charge on any atom is 0.257 e. The van der Waals surface area contributed by atoms with E-state index < -0.39 is 0 Å². The minimum Gasteiger partial charge on any atom is -0.483 e. The van der Waals surface area contributed by atoms with E-state index in [0.29, 0.717) is 19.8 Å². The van der Waals surface area contributed by atoms with Crippen LogP contribution in [0.2, 0.25) is 0 Å². The lowest BCUT2D eigenvalue weighted by Crippen LogP contribution is -2.30. The minimum atomic E-state index is -0.0964. The molecule has 0 aliphatic carbocycles. The number of carbonyl (C=O) groups is 1. The molecule has 1 N–H and O–H groups in total. The maximum atomic E-state index is 11.7. The number of rotatable bonds is 8. The average Bonchev–Trinajstić information content (AvgIpc) is 2.37. The topological polar surface area (TPSA) is 47.6 Å². The molecule has 0 unspecified atom stereocenters. The molecule has 0 radical (unpaired) electrons. The molecular formula is C16H25NO3. The highest BCUT2D eigenvalue weighted by molar-refractivity contribution is 5.77. The van der Waals surface area contributed by atoms with Crippen LogP contribution in [0, 0.1) is 20.8 Å². The lowest BCUT2D eigenvalue weighted by atomic mass is 10.1. The van der Waals surface area contributed by atoms with Crippen LogP contribution in [0.5, 0.6) is 5.75 Å². The Hall–Kier alpha value is -1.55. The van der Waals surface area contributed by atoms with E-state index in [9.17, 15) is 4.79 Å². The van der Waals surface area contributed by atoms with Crippen molar-refractivity contribution in [3.63, 3.8) is 0 Å². The molecule has 0 saturated carbocycles. The summed E-state index contributed by atoms with van der Waals surface area (Å²) in [5.74, 6) is 0.709. The zero-order valence-electron chi connectivity index (χ0n) is 12.9. The van der Waals surface area contributed by atoms with Gasteiger partial charge in [0.1, 0.15) is 5.75 Å². The van der Waals surface area contributed by atoms with E-state index in [1.54, 1.807) is 0 Å². The molecule has 1 amide bonds. The molecule has 1 aromatic rings. The zero-order valence-corrected chi connectivity index (χ0v) is 12.9. The van der Waals surface area contributed by atoms with Gasteiger partial charge in [-0.1, -0.05) is 17.7 Å². The zero-order chi connectivity index (χ0) is 15.0. The van der Waals surface area contributed by atoms with Gasteiger partial charge in [-0.25, -0.2) is 0 Å². The summed E-state index contributed by atoms with van der Waals surface area (Å²) in [6.07, 6.45) is 0.822. The number of amides is 1. The van der Waals surface area contributed by atoms with Crippen LogP contribution in [-0.4, -0.2) is 32.3 Å². The number of aryl methyl sites for hydroxylation is 3. The highest BCUT2D eigenvalue weighted by atomic mass is 16.5. The number of benzene rings is 1. The van der Waals surface area contributed by atoms with E-state index >= 15 is 0 Å². The van der Waals surface area contributed by atoms with Crippen molar-refractivity contribution in [2.45, 2.75) is 34.1 Å². The molecule has 20 heavy (non-hydrogen) atoms. The Kier molecular flexibility index (Phi) is 7.09. The van der Waals surface area contributed by atoms with Crippen molar-refractivity contribution in [1.29, 1.82) is 0 Å². The maximum absolute atomic E-state index is 11.7. The van der Waals surface area contributed by atoms with Crippen molar-refractivity contribution in [3.05, 3.63) is 28.8 Å². The highest BCUT2D eigenvalue weighted by Crippen LogP contribution is 2.24. The van der Waals surface area contributed by atoms with E-state index in [4.69, 9.17) is 9.47 Å². The predicted molar refractivity (Wildman–Crippen MR) is 80.3 cm³/mol. The molecule has 0 spiro atoms. The van der Waals surface area contributed by atoms with Crippen LogP contribution in [-0.2, 0) is 9.53 Å². The molecule has 1 aromatic carbocycles. The first kappa shape index (κ1) is 16.5. The smallest absolute Gasteiger partial charge is 0.257 e. The first-order valence-corrected chi connectivity index (χ1v) is 7.09. The van der Waals surface area contributed by atoms with E-state index in [1.807, 2.05) is 20.8 Å². The first-order chi connectivity index (χ1) is 9.54. The molecule has 4 nitrogen and oxygen atoms in total. The van der Waals surface area contributed by atoms with E-state index in [-0.39, 0.29) is 12.5 Å². The Bertz CT molecular complexity index is 420. The second-order valence-corrected chi connectivity index (χ2v) is 4.92. The standard InChI is InChI=1S/C16H25NO3/c1-5-19-8-6-7-17-15(18)11-20-16-13(3)9-12(2)10-14(16)4/h9-10H,5-8,11H2,1-4H3,(H,17,18). The normalized spacial score (nSPS) is 10.4. The van der Waals surface area contributed by atoms with E-state index in [2.05, 4.69) is 24.4 Å². The molecule has 4 heteroatoms. The van der Waals surface area contributed by atoms with Crippen molar-refractivity contribution in [1.82, 2.24) is 5.32 Å². The van der Waals surface area contributed by atoms with Crippen molar-refractivity contribution < 1.29 is 14.3 Å². The fraction of sp³-hybridized carbons (Fsp3) is 0.562. The molecule has 0 aromatic heterocycles. The van der Waals surface area contributed by atoms with Crippen LogP contribution in [0.25, 0.3) is 0 Å². The first-order valence-electron chi connectivity index (χ1n) is 7.09. The number of nitrogens with one attached hydrogen (secondary N) is 1. The van der Waals surface area contributed by atoms with Crippen LogP contribution in [0.3, 0.4) is 0 Å². The highest BCUT2D eigenvalue weighted by Gasteiger charge is 2.07. The van der Waals surface area contributed by atoms with Crippen LogP contribution >= 0.6 is 0 Å². The van der Waals surface area contributed by atoms with E-state index in [1.165, 1.54) is 5.56 Å². The van der Waals surface area contributed by atoms with Gasteiger partial charge in [0.25, 0.3) is 5.91 Å². The van der Waals surface area contributed by atoms with Gasteiger partial charge in [0.05, 0.1) is 0 Å². The third kappa shape index (κ3) is 5.61. The lowest BCUT2D eigenvalue weighted by Gasteiger charge is -2.13. The van der Waals surface area contributed by atoms with Gasteiger partial charge in [0, 0.05) is 19.8 Å². The number of hydrogen-bond donors (Lipinski definition) is 1. The fourth-order valence-electron chi connectivity index (χ4n) is 2.13. The van der Waals surface area contributed by atoms with Gasteiger partial charge in [-0.15, -0.1) is 0 Å². The molecule has 0 aliphatic rings. The fourth-order valence-corrected chi connectivity index (χ4v) is 2.13. The van der Waals surface area contributed by atoms with Gasteiger partial charge >= 0.3 is 0 Å². The largest absolute Gasteiger partial charge is 0.483 e. The number of carbonyl (C=O) groups excluding carboxylic acids is 1. The quantitative estimate of drug-likeness (QED) is 0.744. The second-order valence-electron chi connectivity index (χ2n) is 4.92. The summed E-state index contributed by atoms with van der Waals surface area (Å²) in [5.41, 5.74) is 3.33. The van der Waals surface area contributed by atoms with E-state index in [0.717, 1.165) is 23.3 Å². The Balaban J connectivity index is 2.34. The third-order valence-corrected chi connectivity index (χ3v) is 2.94. The van der Waals surface area contributed by atoms with Crippen molar-refractivity contribution in [2.75, 3.05) is 26.4 Å². The van der Waals surface area contributed by atoms with Gasteiger partial charge in [-0.05, 0) is 45.2 Å². The Morgan fingerprint density at radius 3 is 2.45 bits per heavy atom. The van der Waals surface area contributed by atoms with Gasteiger partial charge in [0.2, 0.25) is 0 Å². The van der Waals surface area contributed by atoms with Gasteiger partial charge < -0.3 is 14.8 Å². The predicted octanol–water partition coefficient (Wildman–Crippen LogP) is 2.53. The molecule has 0 saturated heterocycles. The number of ether oxygens (including phenoxy) is 2. The second kappa shape index (κ2) is 8.59. The third-order valence-electron chi connectivity index (χ3n) is 2.94. The summed E-state index contributed by atoms with van der Waals surface area (Å²) in [5, 5.41) is 2.82. The molecule has 0 fully saturated rings.